The van der Waals surface area contributed by atoms with Gasteiger partial charge in [-0.2, -0.15) is 0 Å². The molecule has 1 aromatic carbocycles. The first-order valence-electron chi connectivity index (χ1n) is 3.98. The van der Waals surface area contributed by atoms with Crippen molar-refractivity contribution >= 4 is 12.1 Å². The van der Waals surface area contributed by atoms with Crippen LogP contribution in [-0.2, 0) is 0 Å². The highest BCUT2D eigenvalue weighted by Gasteiger charge is 2.07. The van der Waals surface area contributed by atoms with Gasteiger partial charge in [-0.25, -0.2) is 0 Å². The SMILES string of the molecule is C=CCC(=O)c1ccccc1C=O. The Morgan fingerprint density at radius 2 is 2.08 bits per heavy atom. The van der Waals surface area contributed by atoms with E-state index in [0.717, 1.165) is 0 Å². The molecular weight excluding hydrogens is 164 g/mol. The minimum Gasteiger partial charge on any atom is -0.298 e. The number of ketones is 1. The molecule has 0 radical (unpaired) electrons. The van der Waals surface area contributed by atoms with Gasteiger partial charge in [-0.15, -0.1) is 6.58 Å². The topological polar surface area (TPSA) is 34.1 Å². The van der Waals surface area contributed by atoms with Crippen molar-refractivity contribution in [2.45, 2.75) is 6.42 Å². The molecular formula is C11H10O2. The maximum atomic E-state index is 11.4. The van der Waals surface area contributed by atoms with Crippen molar-refractivity contribution < 1.29 is 9.59 Å². The molecule has 1 rings (SSSR count). The van der Waals surface area contributed by atoms with Crippen LogP contribution in [0.4, 0.5) is 0 Å². The van der Waals surface area contributed by atoms with Crippen molar-refractivity contribution in [1.82, 2.24) is 0 Å². The minimum atomic E-state index is -0.0716. The molecule has 0 heterocycles. The fourth-order valence-corrected chi connectivity index (χ4v) is 1.09. The zero-order chi connectivity index (χ0) is 9.68. The Morgan fingerprint density at radius 1 is 1.38 bits per heavy atom. The first kappa shape index (κ1) is 9.39. The van der Waals surface area contributed by atoms with Crippen LogP contribution in [0.5, 0.6) is 0 Å². The van der Waals surface area contributed by atoms with Crippen molar-refractivity contribution in [2.24, 2.45) is 0 Å². The molecule has 0 fully saturated rings. The van der Waals surface area contributed by atoms with Crippen LogP contribution >= 0.6 is 0 Å². The number of carbonyl (C=O) groups excluding carboxylic acids is 2. The van der Waals surface area contributed by atoms with Gasteiger partial charge in [0, 0.05) is 17.5 Å². The lowest BCUT2D eigenvalue weighted by atomic mass is 10.0. The van der Waals surface area contributed by atoms with Crippen LogP contribution in [0.25, 0.3) is 0 Å². The van der Waals surface area contributed by atoms with Crippen LogP contribution < -0.4 is 0 Å². The second-order valence-corrected chi connectivity index (χ2v) is 2.62. The second kappa shape index (κ2) is 4.36. The van der Waals surface area contributed by atoms with Gasteiger partial charge in [-0.05, 0) is 0 Å². The molecule has 0 amide bonds. The molecule has 0 unspecified atom stereocenters. The van der Waals surface area contributed by atoms with Crippen LogP contribution in [0.3, 0.4) is 0 Å². The normalized spacial score (nSPS) is 9.23. The van der Waals surface area contributed by atoms with Crippen LogP contribution in [-0.4, -0.2) is 12.1 Å². The summed E-state index contributed by atoms with van der Waals surface area (Å²) >= 11 is 0. The number of hydrogen-bond acceptors (Lipinski definition) is 2. The van der Waals surface area contributed by atoms with Gasteiger partial charge in [0.1, 0.15) is 0 Å². The predicted molar refractivity (Wildman–Crippen MR) is 51.0 cm³/mol. The van der Waals surface area contributed by atoms with E-state index < -0.39 is 0 Å². The van der Waals surface area contributed by atoms with Gasteiger partial charge < -0.3 is 0 Å². The summed E-state index contributed by atoms with van der Waals surface area (Å²) in [7, 11) is 0. The zero-order valence-electron chi connectivity index (χ0n) is 7.19. The van der Waals surface area contributed by atoms with E-state index in [4.69, 9.17) is 0 Å². The van der Waals surface area contributed by atoms with E-state index in [1.165, 1.54) is 6.08 Å². The molecule has 0 bridgehead atoms. The van der Waals surface area contributed by atoms with Crippen LogP contribution in [0.2, 0.25) is 0 Å². The van der Waals surface area contributed by atoms with Crippen molar-refractivity contribution in [3.05, 3.63) is 48.0 Å². The summed E-state index contributed by atoms with van der Waals surface area (Å²) in [4.78, 5) is 22.0. The summed E-state index contributed by atoms with van der Waals surface area (Å²) in [6, 6.07) is 6.75. The third-order valence-corrected chi connectivity index (χ3v) is 1.72. The molecule has 0 spiro atoms. The van der Waals surface area contributed by atoms with Crippen molar-refractivity contribution in [1.29, 1.82) is 0 Å². The molecule has 0 aliphatic heterocycles. The largest absolute Gasteiger partial charge is 0.298 e. The Labute approximate surface area is 76.9 Å². The Hall–Kier alpha value is -1.70. The second-order valence-electron chi connectivity index (χ2n) is 2.62. The fourth-order valence-electron chi connectivity index (χ4n) is 1.09. The molecule has 0 aromatic heterocycles. The summed E-state index contributed by atoms with van der Waals surface area (Å²) in [6.07, 6.45) is 2.49. The van der Waals surface area contributed by atoms with Crippen molar-refractivity contribution in [3.8, 4) is 0 Å². The standard InChI is InChI=1S/C11H10O2/c1-2-5-11(13)10-7-4-3-6-9(10)8-12/h2-4,6-8H,1,5H2. The fraction of sp³-hybridized carbons (Fsp3) is 0.0909. The summed E-state index contributed by atoms with van der Waals surface area (Å²) in [6.45, 7) is 3.47. The van der Waals surface area contributed by atoms with Crippen LogP contribution in [0.1, 0.15) is 27.1 Å². The maximum Gasteiger partial charge on any atom is 0.167 e. The molecule has 66 valence electrons. The number of hydrogen-bond donors (Lipinski definition) is 0. The number of aldehydes is 1. The lowest BCUT2D eigenvalue weighted by Crippen LogP contribution is -2.01. The van der Waals surface area contributed by atoms with Gasteiger partial charge >= 0.3 is 0 Å². The molecule has 0 saturated heterocycles. The number of carbonyl (C=O) groups is 2. The molecule has 0 N–H and O–H groups in total. The summed E-state index contributed by atoms with van der Waals surface area (Å²) in [5.74, 6) is -0.0716. The van der Waals surface area contributed by atoms with Gasteiger partial charge in [0.15, 0.2) is 12.1 Å². The zero-order valence-corrected chi connectivity index (χ0v) is 7.19. The van der Waals surface area contributed by atoms with E-state index in [1.807, 2.05) is 0 Å². The summed E-state index contributed by atoms with van der Waals surface area (Å²) in [5, 5.41) is 0. The highest BCUT2D eigenvalue weighted by atomic mass is 16.1. The number of allylic oxidation sites excluding steroid dienone is 1. The Morgan fingerprint density at radius 3 is 2.69 bits per heavy atom. The van der Waals surface area contributed by atoms with Crippen LogP contribution in [0.15, 0.2) is 36.9 Å². The quantitative estimate of drug-likeness (QED) is 0.398. The minimum absolute atomic E-state index is 0.0716. The van der Waals surface area contributed by atoms with Crippen LogP contribution in [0, 0.1) is 0 Å². The lowest BCUT2D eigenvalue weighted by Gasteiger charge is -2.00. The average molecular weight is 174 g/mol. The molecule has 1 aromatic rings. The Balaban J connectivity index is 3.05. The van der Waals surface area contributed by atoms with E-state index in [9.17, 15) is 9.59 Å². The monoisotopic (exact) mass is 174 g/mol. The van der Waals surface area contributed by atoms with Gasteiger partial charge in [-0.3, -0.25) is 9.59 Å². The third kappa shape index (κ3) is 2.12. The number of Topliss-reactive ketones (excluding diaryl/α,β-unsaturated/α-hetero) is 1. The van der Waals surface area contributed by atoms with E-state index in [1.54, 1.807) is 24.3 Å². The molecule has 0 aliphatic rings. The molecule has 0 saturated carbocycles. The molecule has 0 aliphatic carbocycles. The van der Waals surface area contributed by atoms with Gasteiger partial charge in [0.05, 0.1) is 0 Å². The van der Waals surface area contributed by atoms with Gasteiger partial charge in [-0.1, -0.05) is 30.3 Å². The maximum absolute atomic E-state index is 11.4. The molecule has 2 nitrogen and oxygen atoms in total. The van der Waals surface area contributed by atoms with Crippen molar-refractivity contribution in [2.75, 3.05) is 0 Å². The van der Waals surface area contributed by atoms with Crippen molar-refractivity contribution in [3.63, 3.8) is 0 Å². The average Bonchev–Trinajstić information content (AvgIpc) is 2.18. The smallest absolute Gasteiger partial charge is 0.167 e. The highest BCUT2D eigenvalue weighted by Crippen LogP contribution is 2.08. The third-order valence-electron chi connectivity index (χ3n) is 1.72. The van der Waals surface area contributed by atoms with E-state index in [2.05, 4.69) is 6.58 Å². The highest BCUT2D eigenvalue weighted by molar-refractivity contribution is 6.03. The first-order valence-corrected chi connectivity index (χ1v) is 3.98. The number of benzene rings is 1. The molecule has 2 heteroatoms. The van der Waals surface area contributed by atoms with E-state index in [0.29, 0.717) is 17.4 Å². The van der Waals surface area contributed by atoms with Gasteiger partial charge in [0.2, 0.25) is 0 Å². The summed E-state index contributed by atoms with van der Waals surface area (Å²) in [5.41, 5.74) is 0.909. The molecule has 13 heavy (non-hydrogen) atoms. The summed E-state index contributed by atoms with van der Waals surface area (Å²) < 4.78 is 0. The Kier molecular flexibility index (Phi) is 3.15. The van der Waals surface area contributed by atoms with E-state index in [-0.39, 0.29) is 12.2 Å². The van der Waals surface area contributed by atoms with E-state index >= 15 is 0 Å². The Bertz CT molecular complexity index is 340. The first-order chi connectivity index (χ1) is 6.29. The predicted octanol–water partition coefficient (Wildman–Crippen LogP) is 2.26. The van der Waals surface area contributed by atoms with Gasteiger partial charge in [0.25, 0.3) is 0 Å². The molecule has 0 atom stereocenters. The lowest BCUT2D eigenvalue weighted by molar-refractivity contribution is 0.0989. The number of rotatable bonds is 4.